The van der Waals surface area contributed by atoms with Crippen LogP contribution < -0.4 is 5.32 Å². The summed E-state index contributed by atoms with van der Waals surface area (Å²) in [4.78, 5) is 2.61. The average Bonchev–Trinajstić information content (AvgIpc) is 2.74. The van der Waals surface area contributed by atoms with E-state index in [-0.39, 0.29) is 0 Å². The van der Waals surface area contributed by atoms with Gasteiger partial charge in [0.1, 0.15) is 0 Å². The minimum absolute atomic E-state index is 0.750. The number of nitrogens with one attached hydrogen (secondary N) is 1. The second-order valence-corrected chi connectivity index (χ2v) is 5.42. The van der Waals surface area contributed by atoms with Crippen molar-refractivity contribution in [2.24, 2.45) is 0 Å². The molecule has 1 saturated carbocycles. The van der Waals surface area contributed by atoms with E-state index in [9.17, 15) is 0 Å². The fraction of sp³-hybridized carbons (Fsp3) is 1.00. The predicted molar refractivity (Wildman–Crippen MR) is 71.9 cm³/mol. The molecule has 3 unspecified atom stereocenters. The fourth-order valence-corrected chi connectivity index (χ4v) is 2.84. The smallest absolute Gasteiger partial charge is 0.0110 e. The summed E-state index contributed by atoms with van der Waals surface area (Å²) in [7, 11) is 2.31. The second-order valence-electron chi connectivity index (χ2n) is 5.42. The Morgan fingerprint density at radius 3 is 2.62 bits per heavy atom. The molecule has 16 heavy (non-hydrogen) atoms. The highest BCUT2D eigenvalue weighted by Gasteiger charge is 2.28. The van der Waals surface area contributed by atoms with Gasteiger partial charge >= 0.3 is 0 Å². The van der Waals surface area contributed by atoms with E-state index in [1.807, 2.05) is 0 Å². The van der Waals surface area contributed by atoms with E-state index in [1.165, 1.54) is 45.1 Å². The number of rotatable bonds is 7. The second kappa shape index (κ2) is 7.29. The molecule has 0 saturated heterocycles. The highest BCUT2D eigenvalue weighted by Crippen LogP contribution is 2.25. The minimum Gasteiger partial charge on any atom is -0.314 e. The Hall–Kier alpha value is -0.0800. The van der Waals surface area contributed by atoms with Crippen LogP contribution in [0.5, 0.6) is 0 Å². The molecule has 1 N–H and O–H groups in total. The zero-order valence-electron chi connectivity index (χ0n) is 11.6. The summed E-state index contributed by atoms with van der Waals surface area (Å²) >= 11 is 0. The van der Waals surface area contributed by atoms with Gasteiger partial charge in [0.15, 0.2) is 0 Å². The Kier molecular flexibility index (Phi) is 6.37. The maximum absolute atomic E-state index is 3.66. The first-order valence-corrected chi connectivity index (χ1v) is 7.14. The molecule has 0 heterocycles. The van der Waals surface area contributed by atoms with Gasteiger partial charge in [0.05, 0.1) is 0 Å². The van der Waals surface area contributed by atoms with Crippen LogP contribution in [0.25, 0.3) is 0 Å². The molecule has 2 nitrogen and oxygen atoms in total. The van der Waals surface area contributed by atoms with Crippen LogP contribution in [-0.2, 0) is 0 Å². The SMILES string of the molecule is CCCNC1CCC(N(C)C(C)CCC)C1. The van der Waals surface area contributed by atoms with Crippen molar-refractivity contribution in [1.29, 1.82) is 0 Å². The van der Waals surface area contributed by atoms with Crippen molar-refractivity contribution in [2.75, 3.05) is 13.6 Å². The molecule has 0 aromatic carbocycles. The molecule has 0 bridgehead atoms. The third-order valence-corrected chi connectivity index (χ3v) is 4.07. The highest BCUT2D eigenvalue weighted by molar-refractivity contribution is 4.87. The van der Waals surface area contributed by atoms with E-state index in [2.05, 4.69) is 38.0 Å². The summed E-state index contributed by atoms with van der Waals surface area (Å²) < 4.78 is 0. The molecule has 1 aliphatic carbocycles. The van der Waals surface area contributed by atoms with Crippen LogP contribution in [0.3, 0.4) is 0 Å². The van der Waals surface area contributed by atoms with Crippen LogP contribution in [0.1, 0.15) is 59.3 Å². The van der Waals surface area contributed by atoms with Crippen LogP contribution in [0.2, 0.25) is 0 Å². The first-order valence-electron chi connectivity index (χ1n) is 7.14. The molecule has 1 fully saturated rings. The van der Waals surface area contributed by atoms with Crippen molar-refractivity contribution in [3.8, 4) is 0 Å². The lowest BCUT2D eigenvalue weighted by Crippen LogP contribution is -2.38. The third-order valence-electron chi connectivity index (χ3n) is 4.07. The van der Waals surface area contributed by atoms with Gasteiger partial charge in [-0.3, -0.25) is 0 Å². The van der Waals surface area contributed by atoms with Crippen LogP contribution in [0, 0.1) is 0 Å². The first kappa shape index (κ1) is 14.0. The molecule has 0 aliphatic heterocycles. The molecule has 3 atom stereocenters. The van der Waals surface area contributed by atoms with Gasteiger partial charge in [-0.05, 0) is 52.6 Å². The zero-order chi connectivity index (χ0) is 12.0. The Labute approximate surface area is 102 Å². The van der Waals surface area contributed by atoms with Crippen molar-refractivity contribution in [1.82, 2.24) is 10.2 Å². The molecular formula is C14H30N2. The van der Waals surface area contributed by atoms with Gasteiger partial charge in [-0.15, -0.1) is 0 Å². The average molecular weight is 226 g/mol. The number of nitrogens with zero attached hydrogens (tertiary/aromatic N) is 1. The number of hydrogen-bond acceptors (Lipinski definition) is 2. The Balaban J connectivity index is 2.28. The van der Waals surface area contributed by atoms with Crippen LogP contribution in [-0.4, -0.2) is 36.6 Å². The van der Waals surface area contributed by atoms with E-state index >= 15 is 0 Å². The normalized spacial score (nSPS) is 27.6. The van der Waals surface area contributed by atoms with Gasteiger partial charge in [-0.2, -0.15) is 0 Å². The van der Waals surface area contributed by atoms with Gasteiger partial charge < -0.3 is 10.2 Å². The lowest BCUT2D eigenvalue weighted by Gasteiger charge is -2.30. The zero-order valence-corrected chi connectivity index (χ0v) is 11.6. The molecule has 1 rings (SSSR count). The maximum atomic E-state index is 3.66. The van der Waals surface area contributed by atoms with Crippen LogP contribution >= 0.6 is 0 Å². The minimum atomic E-state index is 0.750. The lowest BCUT2D eigenvalue weighted by molar-refractivity contribution is 0.175. The van der Waals surface area contributed by atoms with E-state index in [4.69, 9.17) is 0 Å². The van der Waals surface area contributed by atoms with Gasteiger partial charge in [0.25, 0.3) is 0 Å². The summed E-state index contributed by atoms with van der Waals surface area (Å²) in [5.41, 5.74) is 0. The lowest BCUT2D eigenvalue weighted by atomic mass is 10.1. The fourth-order valence-electron chi connectivity index (χ4n) is 2.84. The Morgan fingerprint density at radius 2 is 2.00 bits per heavy atom. The van der Waals surface area contributed by atoms with E-state index < -0.39 is 0 Å². The van der Waals surface area contributed by atoms with Crippen molar-refractivity contribution >= 4 is 0 Å². The third kappa shape index (κ3) is 4.06. The molecule has 2 heteroatoms. The summed E-state index contributed by atoms with van der Waals surface area (Å²) in [6.45, 7) is 8.08. The molecule has 0 aromatic rings. The van der Waals surface area contributed by atoms with E-state index in [0.717, 1.165) is 18.1 Å². The van der Waals surface area contributed by atoms with E-state index in [0.29, 0.717) is 0 Å². The van der Waals surface area contributed by atoms with Crippen LogP contribution in [0.15, 0.2) is 0 Å². The number of hydrogen-bond donors (Lipinski definition) is 1. The van der Waals surface area contributed by atoms with Crippen molar-refractivity contribution in [2.45, 2.75) is 77.4 Å². The van der Waals surface area contributed by atoms with Crippen molar-refractivity contribution in [3.05, 3.63) is 0 Å². The summed E-state index contributed by atoms with van der Waals surface area (Å²) in [6, 6.07) is 2.34. The van der Waals surface area contributed by atoms with Crippen LogP contribution in [0.4, 0.5) is 0 Å². The molecule has 0 amide bonds. The first-order chi connectivity index (χ1) is 7.69. The highest BCUT2D eigenvalue weighted by atomic mass is 15.2. The van der Waals surface area contributed by atoms with Crippen molar-refractivity contribution in [3.63, 3.8) is 0 Å². The van der Waals surface area contributed by atoms with Gasteiger partial charge in [-0.25, -0.2) is 0 Å². The van der Waals surface area contributed by atoms with Gasteiger partial charge in [-0.1, -0.05) is 20.3 Å². The Bertz CT molecular complexity index is 182. The summed E-state index contributed by atoms with van der Waals surface area (Å²) in [5, 5.41) is 3.66. The Morgan fingerprint density at radius 1 is 1.25 bits per heavy atom. The largest absolute Gasteiger partial charge is 0.314 e. The van der Waals surface area contributed by atoms with Crippen molar-refractivity contribution < 1.29 is 0 Å². The monoisotopic (exact) mass is 226 g/mol. The summed E-state index contributed by atoms with van der Waals surface area (Å²) in [5.74, 6) is 0. The maximum Gasteiger partial charge on any atom is 0.0110 e. The molecule has 0 spiro atoms. The summed E-state index contributed by atoms with van der Waals surface area (Å²) in [6.07, 6.45) is 7.99. The topological polar surface area (TPSA) is 15.3 Å². The van der Waals surface area contributed by atoms with E-state index in [1.54, 1.807) is 0 Å². The molecule has 0 radical (unpaired) electrons. The van der Waals surface area contributed by atoms with Gasteiger partial charge in [0.2, 0.25) is 0 Å². The molecule has 0 aromatic heterocycles. The van der Waals surface area contributed by atoms with Gasteiger partial charge in [0, 0.05) is 18.1 Å². The molecular weight excluding hydrogens is 196 g/mol. The quantitative estimate of drug-likeness (QED) is 0.718. The standard InChI is InChI=1S/C14H30N2/c1-5-7-12(3)16(4)14-9-8-13(11-14)15-10-6-2/h12-15H,5-11H2,1-4H3. The molecule has 96 valence electrons. The molecule has 1 aliphatic rings. The predicted octanol–water partition coefficient (Wildman–Crippen LogP) is 3.03.